The van der Waals surface area contributed by atoms with Crippen molar-refractivity contribution >= 4 is 50.2 Å². The molecule has 0 radical (unpaired) electrons. The fourth-order valence-corrected chi connectivity index (χ4v) is 3.51. The van der Waals surface area contributed by atoms with Gasteiger partial charge < -0.3 is 4.57 Å². The Labute approximate surface area is 170 Å². The van der Waals surface area contributed by atoms with Crippen LogP contribution in [0, 0.1) is 28.7 Å². The van der Waals surface area contributed by atoms with Crippen molar-refractivity contribution < 1.29 is 0 Å². The fourth-order valence-electron chi connectivity index (χ4n) is 2.89. The lowest BCUT2D eigenvalue weighted by atomic mass is 10.0. The van der Waals surface area contributed by atoms with Gasteiger partial charge in [0.1, 0.15) is 0 Å². The van der Waals surface area contributed by atoms with Gasteiger partial charge in [-0.2, -0.15) is 5.26 Å². The Hall–Kier alpha value is -1.84. The number of nitrogens with zero attached hydrogens (tertiary/aromatic N) is 2. The Balaban J connectivity index is 2.06. The molecule has 1 heterocycles. The molecular weight excluding hydrogens is 487 g/mol. The molecule has 3 rings (SSSR count). The van der Waals surface area contributed by atoms with Crippen LogP contribution in [0.3, 0.4) is 0 Å². The van der Waals surface area contributed by atoms with E-state index in [1.165, 1.54) is 3.57 Å². The molecule has 0 fully saturated rings. The SMILES string of the molecule is Cc1cc(/C=C(/C#N)c2ccc(Br)cc2)c(C)n1-c1ccc(I)cc1. The molecule has 0 unspecified atom stereocenters. The molecule has 0 amide bonds. The van der Waals surface area contributed by atoms with Gasteiger partial charge in [0, 0.05) is 25.1 Å². The summed E-state index contributed by atoms with van der Waals surface area (Å²) in [5.41, 5.74) is 6.06. The van der Waals surface area contributed by atoms with E-state index in [-0.39, 0.29) is 0 Å². The first kappa shape index (κ1) is 18.0. The van der Waals surface area contributed by atoms with Gasteiger partial charge in [-0.25, -0.2) is 0 Å². The molecule has 1 aromatic heterocycles. The summed E-state index contributed by atoms with van der Waals surface area (Å²) < 4.78 is 4.44. The minimum atomic E-state index is 0.662. The minimum absolute atomic E-state index is 0.662. The average Bonchev–Trinajstić information content (AvgIpc) is 2.88. The van der Waals surface area contributed by atoms with E-state index in [0.29, 0.717) is 5.57 Å². The van der Waals surface area contributed by atoms with Crippen LogP contribution in [0.1, 0.15) is 22.5 Å². The molecule has 4 heteroatoms. The molecule has 3 aromatic rings. The van der Waals surface area contributed by atoms with Crippen molar-refractivity contribution in [3.63, 3.8) is 0 Å². The van der Waals surface area contributed by atoms with Crippen LogP contribution in [0.15, 0.2) is 59.1 Å². The topological polar surface area (TPSA) is 28.7 Å². The van der Waals surface area contributed by atoms with Crippen molar-refractivity contribution in [1.29, 1.82) is 5.26 Å². The zero-order chi connectivity index (χ0) is 18.0. The van der Waals surface area contributed by atoms with Gasteiger partial charge in [-0.05, 0) is 96.1 Å². The monoisotopic (exact) mass is 502 g/mol. The zero-order valence-corrected chi connectivity index (χ0v) is 17.7. The van der Waals surface area contributed by atoms with Gasteiger partial charge in [0.05, 0.1) is 11.6 Å². The number of aromatic nitrogens is 1. The van der Waals surface area contributed by atoms with Crippen molar-refractivity contribution in [2.45, 2.75) is 13.8 Å². The standard InChI is InChI=1S/C21H16BrIN2/c1-14-11-17(12-18(13-24)16-3-5-19(22)6-4-16)15(2)25(14)21-9-7-20(23)8-10-21/h3-12H,1-2H3/b18-12-. The number of rotatable bonds is 3. The van der Waals surface area contributed by atoms with Crippen molar-refractivity contribution in [3.05, 3.63) is 85.2 Å². The number of nitriles is 1. The highest BCUT2D eigenvalue weighted by Crippen LogP contribution is 2.26. The van der Waals surface area contributed by atoms with Crippen LogP contribution in [0.5, 0.6) is 0 Å². The summed E-state index contributed by atoms with van der Waals surface area (Å²) in [5, 5.41) is 9.59. The second kappa shape index (κ2) is 7.59. The Morgan fingerprint density at radius 1 is 1.08 bits per heavy atom. The summed E-state index contributed by atoms with van der Waals surface area (Å²) in [6.07, 6.45) is 1.97. The quantitative estimate of drug-likeness (QED) is 0.296. The lowest BCUT2D eigenvalue weighted by Crippen LogP contribution is -1.98. The van der Waals surface area contributed by atoms with Gasteiger partial charge in [-0.15, -0.1) is 0 Å². The van der Waals surface area contributed by atoms with Crippen molar-refractivity contribution in [2.75, 3.05) is 0 Å². The molecule has 2 aromatic carbocycles. The maximum atomic E-state index is 9.59. The molecule has 0 N–H and O–H groups in total. The third kappa shape index (κ3) is 3.88. The van der Waals surface area contributed by atoms with E-state index in [4.69, 9.17) is 0 Å². The van der Waals surface area contributed by atoms with Crippen LogP contribution < -0.4 is 0 Å². The fraction of sp³-hybridized carbons (Fsp3) is 0.0952. The van der Waals surface area contributed by atoms with E-state index in [0.717, 1.165) is 32.7 Å². The van der Waals surface area contributed by atoms with Crippen LogP contribution in [0.2, 0.25) is 0 Å². The molecule has 124 valence electrons. The van der Waals surface area contributed by atoms with Crippen LogP contribution in [0.25, 0.3) is 17.3 Å². The van der Waals surface area contributed by atoms with Gasteiger partial charge in [0.15, 0.2) is 0 Å². The summed E-state index contributed by atoms with van der Waals surface area (Å²) in [7, 11) is 0. The van der Waals surface area contributed by atoms with E-state index in [1.807, 2.05) is 30.3 Å². The van der Waals surface area contributed by atoms with Gasteiger partial charge in [-0.1, -0.05) is 28.1 Å². The van der Waals surface area contributed by atoms with Gasteiger partial charge >= 0.3 is 0 Å². The second-order valence-corrected chi connectivity index (χ2v) is 7.98. The summed E-state index contributed by atoms with van der Waals surface area (Å²) in [6.45, 7) is 4.18. The lowest BCUT2D eigenvalue weighted by molar-refractivity contribution is 0.964. The van der Waals surface area contributed by atoms with Crippen molar-refractivity contribution in [2.24, 2.45) is 0 Å². The third-order valence-electron chi connectivity index (χ3n) is 4.13. The van der Waals surface area contributed by atoms with E-state index < -0.39 is 0 Å². The molecule has 2 nitrogen and oxygen atoms in total. The normalized spacial score (nSPS) is 11.4. The molecule has 0 bridgehead atoms. The van der Waals surface area contributed by atoms with Gasteiger partial charge in [-0.3, -0.25) is 0 Å². The number of benzene rings is 2. The minimum Gasteiger partial charge on any atom is -0.318 e. The molecule has 0 saturated carbocycles. The average molecular weight is 503 g/mol. The molecule has 0 aliphatic carbocycles. The molecule has 0 aliphatic rings. The smallest absolute Gasteiger partial charge is 0.0998 e. The highest BCUT2D eigenvalue weighted by Gasteiger charge is 2.11. The predicted octanol–water partition coefficient (Wildman–Crippen LogP) is 6.53. The molecular formula is C21H16BrIN2. The summed E-state index contributed by atoms with van der Waals surface area (Å²) >= 11 is 5.74. The molecule has 0 spiro atoms. The number of hydrogen-bond donors (Lipinski definition) is 0. The number of allylic oxidation sites excluding steroid dienone is 1. The lowest BCUT2D eigenvalue weighted by Gasteiger charge is -2.09. The third-order valence-corrected chi connectivity index (χ3v) is 5.38. The van der Waals surface area contributed by atoms with E-state index >= 15 is 0 Å². The number of aryl methyl sites for hydroxylation is 1. The van der Waals surface area contributed by atoms with E-state index in [9.17, 15) is 5.26 Å². The summed E-state index contributed by atoms with van der Waals surface area (Å²) in [5.74, 6) is 0. The first-order valence-corrected chi connectivity index (χ1v) is 9.69. The maximum absolute atomic E-state index is 9.59. The first-order chi connectivity index (χ1) is 12.0. The number of halogens is 2. The molecule has 0 atom stereocenters. The van der Waals surface area contributed by atoms with E-state index in [2.05, 4.69) is 93.3 Å². The summed E-state index contributed by atoms with van der Waals surface area (Å²) in [6, 6.07) is 20.7. The highest BCUT2D eigenvalue weighted by molar-refractivity contribution is 14.1. The summed E-state index contributed by atoms with van der Waals surface area (Å²) in [4.78, 5) is 0. The Morgan fingerprint density at radius 3 is 2.32 bits per heavy atom. The van der Waals surface area contributed by atoms with Gasteiger partial charge in [0.2, 0.25) is 0 Å². The predicted molar refractivity (Wildman–Crippen MR) is 116 cm³/mol. The van der Waals surface area contributed by atoms with Crippen molar-refractivity contribution in [1.82, 2.24) is 4.57 Å². The second-order valence-electron chi connectivity index (χ2n) is 5.82. The Bertz CT molecular complexity index is 974. The highest BCUT2D eigenvalue weighted by atomic mass is 127. The first-order valence-electron chi connectivity index (χ1n) is 7.82. The Kier molecular flexibility index (Phi) is 5.45. The largest absolute Gasteiger partial charge is 0.318 e. The molecule has 0 aliphatic heterocycles. The van der Waals surface area contributed by atoms with E-state index in [1.54, 1.807) is 0 Å². The van der Waals surface area contributed by atoms with Crippen LogP contribution in [-0.2, 0) is 0 Å². The van der Waals surface area contributed by atoms with Crippen LogP contribution in [0.4, 0.5) is 0 Å². The molecule has 25 heavy (non-hydrogen) atoms. The maximum Gasteiger partial charge on any atom is 0.0998 e. The van der Waals surface area contributed by atoms with Crippen LogP contribution >= 0.6 is 38.5 Å². The molecule has 0 saturated heterocycles. The Morgan fingerprint density at radius 2 is 1.72 bits per heavy atom. The van der Waals surface area contributed by atoms with Gasteiger partial charge in [0.25, 0.3) is 0 Å². The van der Waals surface area contributed by atoms with Crippen LogP contribution in [-0.4, -0.2) is 4.57 Å². The number of hydrogen-bond acceptors (Lipinski definition) is 1. The zero-order valence-electron chi connectivity index (χ0n) is 13.9. The van der Waals surface area contributed by atoms with Crippen molar-refractivity contribution in [3.8, 4) is 11.8 Å².